The van der Waals surface area contributed by atoms with E-state index in [4.69, 9.17) is 20.8 Å². The number of halogens is 1. The third kappa shape index (κ3) is 4.38. The molecule has 0 atom stereocenters. The number of nitrogens with zero attached hydrogens (tertiary/aromatic N) is 1. The van der Waals surface area contributed by atoms with Gasteiger partial charge in [0.15, 0.2) is 5.76 Å². The Hall–Kier alpha value is -3.96. The molecule has 0 saturated heterocycles. The maximum atomic E-state index is 13.6. The molecule has 5 aromatic rings. The summed E-state index contributed by atoms with van der Waals surface area (Å²) in [5.41, 5.74) is 3.22. The van der Waals surface area contributed by atoms with Gasteiger partial charge in [0, 0.05) is 21.7 Å². The Kier molecular flexibility index (Phi) is 5.89. The van der Waals surface area contributed by atoms with Crippen LogP contribution >= 0.6 is 11.6 Å². The molecule has 5 nitrogen and oxygen atoms in total. The molecule has 5 rings (SSSR count). The molecule has 0 aliphatic carbocycles. The predicted molar refractivity (Wildman–Crippen MR) is 143 cm³/mol. The van der Waals surface area contributed by atoms with Crippen LogP contribution in [0.25, 0.3) is 33.2 Å². The largest absolute Gasteiger partial charge is 0.452 e. The predicted octanol–water partition coefficient (Wildman–Crippen LogP) is 7.49. The maximum Gasteiger partial charge on any atom is 0.344 e. The molecular weight excluding hydrogens is 474 g/mol. The molecule has 180 valence electrons. The number of aryl methyl sites for hydroxylation is 1. The lowest BCUT2D eigenvalue weighted by Gasteiger charge is -2.19. The number of fused-ring (bicyclic) bond motifs is 2. The summed E-state index contributed by atoms with van der Waals surface area (Å²) < 4.78 is 11.9. The Morgan fingerprint density at radius 2 is 1.67 bits per heavy atom. The average molecular weight is 498 g/mol. The fourth-order valence-corrected chi connectivity index (χ4v) is 4.35. The zero-order valence-corrected chi connectivity index (χ0v) is 21.1. The molecular formula is C30H24ClNO4. The number of carbonyl (C=O) groups is 1. The number of pyridine rings is 1. The minimum absolute atomic E-state index is 0.0466. The Bertz CT molecular complexity index is 1700. The van der Waals surface area contributed by atoms with Crippen LogP contribution in [0.2, 0.25) is 5.02 Å². The van der Waals surface area contributed by atoms with Gasteiger partial charge in [0.25, 0.3) is 0 Å². The molecule has 0 N–H and O–H groups in total. The topological polar surface area (TPSA) is 69.4 Å². The van der Waals surface area contributed by atoms with Crippen molar-refractivity contribution in [1.82, 2.24) is 4.98 Å². The summed E-state index contributed by atoms with van der Waals surface area (Å²) in [5, 5.41) is 1.25. The molecule has 3 aromatic carbocycles. The lowest BCUT2D eigenvalue weighted by Crippen LogP contribution is -2.17. The Balaban J connectivity index is 1.69. The highest BCUT2D eigenvalue weighted by atomic mass is 35.5. The molecule has 2 heterocycles. The number of carbonyl (C=O) groups excluding carboxylic acids is 1. The smallest absolute Gasteiger partial charge is 0.344 e. The van der Waals surface area contributed by atoms with E-state index in [0.29, 0.717) is 38.3 Å². The molecule has 0 aliphatic rings. The summed E-state index contributed by atoms with van der Waals surface area (Å²) in [5.74, 6) is -0.673. The standard InChI is InChI=1S/C30H24ClNO4/c1-17-15-22(21-7-5-6-8-24(21)32-17)29(34)36-28-26(33)23-16-20(31)13-14-25(23)35-27(28)18-9-11-19(12-10-18)30(2,3)4/h5-16H,1-4H3. The fraction of sp³-hybridized carbons (Fsp3) is 0.167. The van der Waals surface area contributed by atoms with E-state index in [1.165, 1.54) is 6.07 Å². The Morgan fingerprint density at radius 1 is 0.944 bits per heavy atom. The van der Waals surface area contributed by atoms with Crippen LogP contribution in [-0.4, -0.2) is 11.0 Å². The van der Waals surface area contributed by atoms with E-state index in [-0.39, 0.29) is 22.3 Å². The van der Waals surface area contributed by atoms with E-state index in [2.05, 4.69) is 25.8 Å². The fourth-order valence-electron chi connectivity index (χ4n) is 4.18. The molecule has 0 unspecified atom stereocenters. The molecule has 0 amide bonds. The van der Waals surface area contributed by atoms with Crippen molar-refractivity contribution >= 4 is 39.4 Å². The van der Waals surface area contributed by atoms with Gasteiger partial charge in [0.1, 0.15) is 5.58 Å². The number of esters is 1. The molecule has 0 bridgehead atoms. The first kappa shape index (κ1) is 23.8. The zero-order valence-electron chi connectivity index (χ0n) is 20.4. The second kappa shape index (κ2) is 8.92. The first-order valence-corrected chi connectivity index (χ1v) is 12.0. The van der Waals surface area contributed by atoms with Crippen molar-refractivity contribution in [3.05, 3.63) is 105 Å². The molecule has 0 radical (unpaired) electrons. The van der Waals surface area contributed by atoms with Crippen LogP contribution in [0.15, 0.2) is 82.0 Å². The van der Waals surface area contributed by atoms with Gasteiger partial charge in [-0.25, -0.2) is 4.79 Å². The van der Waals surface area contributed by atoms with Crippen LogP contribution in [0.5, 0.6) is 5.75 Å². The van der Waals surface area contributed by atoms with Gasteiger partial charge in [-0.05, 0) is 48.2 Å². The number of aromatic nitrogens is 1. The number of benzene rings is 3. The monoisotopic (exact) mass is 497 g/mol. The van der Waals surface area contributed by atoms with Crippen molar-refractivity contribution < 1.29 is 13.9 Å². The van der Waals surface area contributed by atoms with Crippen LogP contribution in [0.3, 0.4) is 0 Å². The zero-order chi connectivity index (χ0) is 25.6. The second-order valence-corrected chi connectivity index (χ2v) is 10.2. The Labute approximate surface area is 213 Å². The van der Waals surface area contributed by atoms with Crippen molar-refractivity contribution in [1.29, 1.82) is 0 Å². The average Bonchev–Trinajstić information content (AvgIpc) is 2.85. The third-order valence-electron chi connectivity index (χ3n) is 6.08. The van der Waals surface area contributed by atoms with E-state index in [0.717, 1.165) is 5.56 Å². The number of ether oxygens (including phenoxy) is 1. The lowest BCUT2D eigenvalue weighted by atomic mass is 9.86. The number of hydrogen-bond acceptors (Lipinski definition) is 5. The summed E-state index contributed by atoms with van der Waals surface area (Å²) in [6, 6.07) is 21.4. The number of hydrogen-bond donors (Lipinski definition) is 0. The molecule has 36 heavy (non-hydrogen) atoms. The van der Waals surface area contributed by atoms with E-state index in [1.54, 1.807) is 31.2 Å². The van der Waals surface area contributed by atoms with Crippen LogP contribution in [-0.2, 0) is 5.41 Å². The molecule has 0 aliphatic heterocycles. The van der Waals surface area contributed by atoms with Gasteiger partial charge in [-0.2, -0.15) is 0 Å². The van der Waals surface area contributed by atoms with Crippen molar-refractivity contribution in [3.8, 4) is 17.1 Å². The maximum absolute atomic E-state index is 13.6. The molecule has 2 aromatic heterocycles. The van der Waals surface area contributed by atoms with E-state index >= 15 is 0 Å². The highest BCUT2D eigenvalue weighted by Gasteiger charge is 2.23. The highest BCUT2D eigenvalue weighted by Crippen LogP contribution is 2.34. The number of para-hydroxylation sites is 1. The summed E-state index contributed by atoms with van der Waals surface area (Å²) in [6.45, 7) is 8.17. The van der Waals surface area contributed by atoms with Gasteiger partial charge in [0.2, 0.25) is 11.2 Å². The molecule has 0 fully saturated rings. The summed E-state index contributed by atoms with van der Waals surface area (Å²) in [6.07, 6.45) is 0. The van der Waals surface area contributed by atoms with Gasteiger partial charge in [-0.15, -0.1) is 0 Å². The first-order valence-electron chi connectivity index (χ1n) is 11.6. The molecule has 0 spiro atoms. The highest BCUT2D eigenvalue weighted by molar-refractivity contribution is 6.31. The Morgan fingerprint density at radius 3 is 2.39 bits per heavy atom. The van der Waals surface area contributed by atoms with Crippen LogP contribution in [0.1, 0.15) is 42.4 Å². The van der Waals surface area contributed by atoms with Crippen LogP contribution in [0, 0.1) is 6.92 Å². The van der Waals surface area contributed by atoms with Crippen molar-refractivity contribution in [3.63, 3.8) is 0 Å². The van der Waals surface area contributed by atoms with Gasteiger partial charge < -0.3 is 9.15 Å². The van der Waals surface area contributed by atoms with E-state index in [1.807, 2.05) is 42.5 Å². The minimum atomic E-state index is -0.669. The summed E-state index contributed by atoms with van der Waals surface area (Å²) in [4.78, 5) is 31.5. The molecule has 0 saturated carbocycles. The van der Waals surface area contributed by atoms with Gasteiger partial charge >= 0.3 is 5.97 Å². The van der Waals surface area contributed by atoms with E-state index in [9.17, 15) is 9.59 Å². The number of rotatable bonds is 3. The second-order valence-electron chi connectivity index (χ2n) is 9.78. The SMILES string of the molecule is Cc1cc(C(=O)Oc2c(-c3ccc(C(C)(C)C)cc3)oc3ccc(Cl)cc3c2=O)c2ccccc2n1. The quantitative estimate of drug-likeness (QED) is 0.241. The van der Waals surface area contributed by atoms with Crippen LogP contribution < -0.4 is 10.2 Å². The van der Waals surface area contributed by atoms with Gasteiger partial charge in [-0.3, -0.25) is 9.78 Å². The van der Waals surface area contributed by atoms with Gasteiger partial charge in [-0.1, -0.05) is 74.8 Å². The third-order valence-corrected chi connectivity index (χ3v) is 6.32. The summed E-state index contributed by atoms with van der Waals surface area (Å²) >= 11 is 6.15. The molecule has 6 heteroatoms. The van der Waals surface area contributed by atoms with Crippen molar-refractivity contribution in [2.75, 3.05) is 0 Å². The first-order chi connectivity index (χ1) is 17.1. The van der Waals surface area contributed by atoms with Crippen molar-refractivity contribution in [2.45, 2.75) is 33.1 Å². The van der Waals surface area contributed by atoms with Crippen LogP contribution in [0.4, 0.5) is 0 Å². The lowest BCUT2D eigenvalue weighted by molar-refractivity contribution is 0.0733. The van der Waals surface area contributed by atoms with E-state index < -0.39 is 11.4 Å². The van der Waals surface area contributed by atoms with Gasteiger partial charge in [0.05, 0.1) is 16.5 Å². The van der Waals surface area contributed by atoms with Crippen molar-refractivity contribution in [2.24, 2.45) is 0 Å². The minimum Gasteiger partial charge on any atom is -0.452 e. The normalized spacial score (nSPS) is 11.7. The summed E-state index contributed by atoms with van der Waals surface area (Å²) in [7, 11) is 0.